The van der Waals surface area contributed by atoms with E-state index < -0.39 is 35.5 Å². The fourth-order valence-corrected chi connectivity index (χ4v) is 2.55. The van der Waals surface area contributed by atoms with Crippen molar-refractivity contribution in [2.75, 3.05) is 13.1 Å². The van der Waals surface area contributed by atoms with Gasteiger partial charge in [0.15, 0.2) is 0 Å². The van der Waals surface area contributed by atoms with Gasteiger partial charge in [-0.05, 0) is 18.1 Å². The Morgan fingerprint density at radius 3 is 2.50 bits per heavy atom. The van der Waals surface area contributed by atoms with Gasteiger partial charge in [-0.25, -0.2) is 13.6 Å². The van der Waals surface area contributed by atoms with Crippen LogP contribution in [0.25, 0.3) is 0 Å². The van der Waals surface area contributed by atoms with Crippen molar-refractivity contribution in [3.05, 3.63) is 35.4 Å². The van der Waals surface area contributed by atoms with Crippen molar-refractivity contribution < 1.29 is 28.6 Å². The summed E-state index contributed by atoms with van der Waals surface area (Å²) >= 11 is 0. The standard InChI is InChI=1S/C13H13F2NO4/c14-7-1-2-9(11(15)5-7)8-3-4-16(13(19)20)6-10(8)12(17)18/h1-2,5,8,10H,3-4,6H2,(H,17,18)(H,19,20)/t8-,10+/m1/s1. The lowest BCUT2D eigenvalue weighted by Gasteiger charge is -2.35. The molecule has 1 amide bonds. The zero-order valence-electron chi connectivity index (χ0n) is 10.4. The summed E-state index contributed by atoms with van der Waals surface area (Å²) in [6.07, 6.45) is -1.01. The summed E-state index contributed by atoms with van der Waals surface area (Å²) in [5.41, 5.74) is 0.115. The van der Waals surface area contributed by atoms with Crippen LogP contribution in [0.4, 0.5) is 13.6 Å². The molecule has 1 aliphatic heterocycles. The van der Waals surface area contributed by atoms with Crippen LogP contribution in [-0.4, -0.2) is 40.3 Å². The molecule has 1 aromatic rings. The molecule has 0 spiro atoms. The topological polar surface area (TPSA) is 77.8 Å². The van der Waals surface area contributed by atoms with E-state index in [0.29, 0.717) is 6.07 Å². The number of carbonyl (C=O) groups is 2. The number of benzene rings is 1. The van der Waals surface area contributed by atoms with Crippen LogP contribution in [0.1, 0.15) is 17.9 Å². The summed E-state index contributed by atoms with van der Waals surface area (Å²) in [5, 5.41) is 18.1. The molecule has 5 nitrogen and oxygen atoms in total. The smallest absolute Gasteiger partial charge is 0.407 e. The summed E-state index contributed by atoms with van der Waals surface area (Å²) in [7, 11) is 0. The first-order valence-corrected chi connectivity index (χ1v) is 6.05. The number of piperidine rings is 1. The quantitative estimate of drug-likeness (QED) is 0.872. The highest BCUT2D eigenvalue weighted by Crippen LogP contribution is 2.34. The van der Waals surface area contributed by atoms with Gasteiger partial charge in [-0.1, -0.05) is 6.07 Å². The van der Waals surface area contributed by atoms with Crippen LogP contribution in [0.2, 0.25) is 0 Å². The maximum absolute atomic E-state index is 13.8. The summed E-state index contributed by atoms with van der Waals surface area (Å²) in [6.45, 7) is -0.0766. The molecule has 20 heavy (non-hydrogen) atoms. The number of hydrogen-bond acceptors (Lipinski definition) is 2. The summed E-state index contributed by atoms with van der Waals surface area (Å²) in [4.78, 5) is 23.2. The van der Waals surface area contributed by atoms with Crippen LogP contribution < -0.4 is 0 Å². The number of carboxylic acid groups (broad SMARTS) is 2. The molecule has 2 atom stereocenters. The molecule has 0 unspecified atom stereocenters. The molecule has 1 aliphatic rings. The van der Waals surface area contributed by atoms with Gasteiger partial charge in [-0.15, -0.1) is 0 Å². The summed E-state index contributed by atoms with van der Waals surface area (Å²) < 4.78 is 26.7. The number of carboxylic acids is 1. The number of likely N-dealkylation sites (tertiary alicyclic amines) is 1. The second-order valence-electron chi connectivity index (χ2n) is 4.73. The SMILES string of the molecule is O=C(O)[C@H]1CN(C(=O)O)CC[C@@H]1c1ccc(F)cc1F. The minimum absolute atomic E-state index is 0.115. The van der Waals surface area contributed by atoms with Gasteiger partial charge in [0, 0.05) is 25.1 Å². The second-order valence-corrected chi connectivity index (χ2v) is 4.73. The lowest BCUT2D eigenvalue weighted by molar-refractivity contribution is -0.144. The highest BCUT2D eigenvalue weighted by Gasteiger charge is 2.38. The molecular formula is C13H13F2NO4. The van der Waals surface area contributed by atoms with E-state index in [1.807, 2.05) is 0 Å². The maximum atomic E-state index is 13.8. The number of amides is 1. The van der Waals surface area contributed by atoms with E-state index in [1.54, 1.807) is 0 Å². The molecule has 2 rings (SSSR count). The fraction of sp³-hybridized carbons (Fsp3) is 0.385. The molecule has 0 bridgehead atoms. The zero-order chi connectivity index (χ0) is 14.9. The van der Waals surface area contributed by atoms with Crippen molar-refractivity contribution in [1.29, 1.82) is 0 Å². The Morgan fingerprint density at radius 1 is 1.25 bits per heavy atom. The number of halogens is 2. The van der Waals surface area contributed by atoms with E-state index in [4.69, 9.17) is 5.11 Å². The summed E-state index contributed by atoms with van der Waals surface area (Å²) in [5.74, 6) is -4.43. The zero-order valence-corrected chi connectivity index (χ0v) is 10.4. The highest BCUT2D eigenvalue weighted by molar-refractivity contribution is 5.74. The molecule has 0 aromatic heterocycles. The van der Waals surface area contributed by atoms with Crippen LogP contribution in [0.3, 0.4) is 0 Å². The van der Waals surface area contributed by atoms with Crippen LogP contribution in [-0.2, 0) is 4.79 Å². The first kappa shape index (κ1) is 14.2. The lowest BCUT2D eigenvalue weighted by Crippen LogP contribution is -2.45. The van der Waals surface area contributed by atoms with Gasteiger partial charge in [-0.2, -0.15) is 0 Å². The second kappa shape index (κ2) is 5.44. The first-order chi connectivity index (χ1) is 9.40. The summed E-state index contributed by atoms with van der Waals surface area (Å²) in [6, 6.07) is 3.00. The van der Waals surface area contributed by atoms with E-state index in [2.05, 4.69) is 0 Å². The van der Waals surface area contributed by atoms with Crippen LogP contribution in [0, 0.1) is 17.6 Å². The molecule has 0 aliphatic carbocycles. The van der Waals surface area contributed by atoms with Gasteiger partial charge in [0.25, 0.3) is 0 Å². The van der Waals surface area contributed by atoms with Crippen molar-refractivity contribution in [3.8, 4) is 0 Å². The first-order valence-electron chi connectivity index (χ1n) is 6.05. The third kappa shape index (κ3) is 2.71. The van der Waals surface area contributed by atoms with Crippen LogP contribution in [0.15, 0.2) is 18.2 Å². The van der Waals surface area contributed by atoms with E-state index in [9.17, 15) is 23.5 Å². The molecule has 2 N–H and O–H groups in total. The van der Waals surface area contributed by atoms with Crippen molar-refractivity contribution in [1.82, 2.24) is 4.90 Å². The predicted octanol–water partition coefficient (Wildman–Crippen LogP) is 2.13. The minimum Gasteiger partial charge on any atom is -0.481 e. The molecule has 7 heteroatoms. The van der Waals surface area contributed by atoms with Crippen LogP contribution >= 0.6 is 0 Å². The number of aliphatic carboxylic acids is 1. The minimum atomic E-state index is -1.20. The molecule has 1 aromatic carbocycles. The van der Waals surface area contributed by atoms with Gasteiger partial charge in [0.1, 0.15) is 11.6 Å². The monoisotopic (exact) mass is 285 g/mol. The Kier molecular flexibility index (Phi) is 3.87. The third-order valence-corrected chi connectivity index (χ3v) is 3.56. The Bertz CT molecular complexity index is 549. The number of hydrogen-bond donors (Lipinski definition) is 2. The van der Waals surface area contributed by atoms with E-state index in [-0.39, 0.29) is 25.1 Å². The van der Waals surface area contributed by atoms with Gasteiger partial charge in [0.05, 0.1) is 5.92 Å². The molecule has 1 fully saturated rings. The molecule has 1 heterocycles. The Labute approximate surface area is 113 Å². The highest BCUT2D eigenvalue weighted by atomic mass is 19.1. The molecular weight excluding hydrogens is 272 g/mol. The molecule has 108 valence electrons. The van der Waals surface area contributed by atoms with E-state index in [1.165, 1.54) is 6.07 Å². The Morgan fingerprint density at radius 2 is 1.95 bits per heavy atom. The number of rotatable bonds is 2. The van der Waals surface area contributed by atoms with E-state index in [0.717, 1.165) is 11.0 Å². The average molecular weight is 285 g/mol. The van der Waals surface area contributed by atoms with Gasteiger partial charge in [-0.3, -0.25) is 4.79 Å². The van der Waals surface area contributed by atoms with Crippen LogP contribution in [0.5, 0.6) is 0 Å². The van der Waals surface area contributed by atoms with Gasteiger partial charge >= 0.3 is 12.1 Å². The molecule has 0 radical (unpaired) electrons. The normalized spacial score (nSPS) is 22.6. The lowest BCUT2D eigenvalue weighted by atomic mass is 9.80. The van der Waals surface area contributed by atoms with E-state index >= 15 is 0 Å². The van der Waals surface area contributed by atoms with Crippen molar-refractivity contribution in [2.45, 2.75) is 12.3 Å². The van der Waals surface area contributed by atoms with Gasteiger partial charge in [0.2, 0.25) is 0 Å². The predicted molar refractivity (Wildman–Crippen MR) is 64.4 cm³/mol. The Hall–Kier alpha value is -2.18. The maximum Gasteiger partial charge on any atom is 0.407 e. The largest absolute Gasteiger partial charge is 0.481 e. The van der Waals surface area contributed by atoms with Crippen molar-refractivity contribution in [3.63, 3.8) is 0 Å². The Balaban J connectivity index is 2.30. The number of nitrogens with zero attached hydrogens (tertiary/aromatic N) is 1. The third-order valence-electron chi connectivity index (χ3n) is 3.56. The van der Waals surface area contributed by atoms with Gasteiger partial charge < -0.3 is 15.1 Å². The van der Waals surface area contributed by atoms with Crippen molar-refractivity contribution in [2.24, 2.45) is 5.92 Å². The fourth-order valence-electron chi connectivity index (χ4n) is 2.55. The van der Waals surface area contributed by atoms with Crippen molar-refractivity contribution >= 4 is 12.1 Å². The molecule has 1 saturated heterocycles. The molecule has 0 saturated carbocycles. The average Bonchev–Trinajstić information content (AvgIpc) is 2.38.